The number of hydrogen-bond acceptors (Lipinski definition) is 2. The van der Waals surface area contributed by atoms with Crippen LogP contribution in [-0.2, 0) is 6.42 Å². The third kappa shape index (κ3) is 3.95. The summed E-state index contributed by atoms with van der Waals surface area (Å²) < 4.78 is 13.4. The van der Waals surface area contributed by atoms with E-state index in [0.29, 0.717) is 12.0 Å². The lowest BCUT2D eigenvalue weighted by molar-refractivity contribution is 0.510. The van der Waals surface area contributed by atoms with E-state index >= 15 is 0 Å². The molecule has 3 heteroatoms. The second kappa shape index (κ2) is 7.07. The minimum atomic E-state index is -0.124. The molecular formula is C17H27FN2. The maximum Gasteiger partial charge on any atom is 0.125 e. The van der Waals surface area contributed by atoms with Crippen LogP contribution in [0.2, 0.25) is 0 Å². The van der Waals surface area contributed by atoms with E-state index in [1.54, 1.807) is 12.1 Å². The lowest BCUT2D eigenvalue weighted by Gasteiger charge is -2.27. The van der Waals surface area contributed by atoms with E-state index in [-0.39, 0.29) is 5.82 Å². The van der Waals surface area contributed by atoms with Gasteiger partial charge < -0.3 is 10.2 Å². The zero-order chi connectivity index (χ0) is 14.5. The summed E-state index contributed by atoms with van der Waals surface area (Å²) in [4.78, 5) is 2.36. The first-order chi connectivity index (χ1) is 9.58. The Bertz CT molecular complexity index is 431. The Hall–Kier alpha value is -1.09. The average Bonchev–Trinajstić information content (AvgIpc) is 2.80. The fourth-order valence-electron chi connectivity index (χ4n) is 2.90. The van der Waals surface area contributed by atoms with Gasteiger partial charge in [0.25, 0.3) is 0 Å². The van der Waals surface area contributed by atoms with Crippen molar-refractivity contribution in [1.29, 1.82) is 0 Å². The first kappa shape index (κ1) is 15.3. The van der Waals surface area contributed by atoms with Crippen LogP contribution in [0.1, 0.15) is 39.2 Å². The topological polar surface area (TPSA) is 15.3 Å². The summed E-state index contributed by atoms with van der Waals surface area (Å²) in [6, 6.07) is 5.68. The minimum absolute atomic E-state index is 0.124. The van der Waals surface area contributed by atoms with Crippen LogP contribution >= 0.6 is 0 Å². The quantitative estimate of drug-likeness (QED) is 0.767. The van der Waals surface area contributed by atoms with Crippen molar-refractivity contribution in [2.75, 3.05) is 24.5 Å². The van der Waals surface area contributed by atoms with E-state index in [1.807, 2.05) is 6.07 Å². The van der Waals surface area contributed by atoms with Crippen molar-refractivity contribution in [3.8, 4) is 0 Å². The lowest BCUT2D eigenvalue weighted by atomic mass is 10.1. The van der Waals surface area contributed by atoms with Gasteiger partial charge in [0.15, 0.2) is 0 Å². The number of nitrogens with zero attached hydrogens (tertiary/aromatic N) is 1. The molecule has 1 aromatic carbocycles. The zero-order valence-electron chi connectivity index (χ0n) is 13.0. The molecule has 1 aromatic rings. The number of halogens is 1. The van der Waals surface area contributed by atoms with Crippen LogP contribution in [0.25, 0.3) is 0 Å². The molecule has 1 heterocycles. The number of benzene rings is 1. The number of nitrogens with one attached hydrogen (secondary N) is 1. The molecule has 1 unspecified atom stereocenters. The van der Waals surface area contributed by atoms with E-state index in [0.717, 1.165) is 38.2 Å². The molecule has 20 heavy (non-hydrogen) atoms. The van der Waals surface area contributed by atoms with Crippen LogP contribution in [0, 0.1) is 11.7 Å². The molecule has 0 bridgehead atoms. The van der Waals surface area contributed by atoms with Gasteiger partial charge in [-0.25, -0.2) is 4.39 Å². The highest BCUT2D eigenvalue weighted by atomic mass is 19.1. The van der Waals surface area contributed by atoms with Gasteiger partial charge in [0.2, 0.25) is 0 Å². The molecule has 112 valence electrons. The summed E-state index contributed by atoms with van der Waals surface area (Å²) in [6.07, 6.45) is 3.38. The van der Waals surface area contributed by atoms with Crippen LogP contribution in [0.15, 0.2) is 18.2 Å². The molecule has 0 saturated carbocycles. The monoisotopic (exact) mass is 278 g/mol. The Morgan fingerprint density at radius 3 is 2.85 bits per heavy atom. The van der Waals surface area contributed by atoms with E-state index < -0.39 is 0 Å². The van der Waals surface area contributed by atoms with Crippen LogP contribution in [0.4, 0.5) is 10.1 Å². The Labute approximate surface area is 122 Å². The second-order valence-electron chi connectivity index (χ2n) is 6.31. The van der Waals surface area contributed by atoms with Crippen LogP contribution in [0.5, 0.6) is 0 Å². The second-order valence-corrected chi connectivity index (χ2v) is 6.31. The summed E-state index contributed by atoms with van der Waals surface area (Å²) >= 11 is 0. The van der Waals surface area contributed by atoms with Crippen molar-refractivity contribution >= 4 is 5.69 Å². The lowest BCUT2D eigenvalue weighted by Crippen LogP contribution is -2.32. The maximum absolute atomic E-state index is 13.4. The van der Waals surface area contributed by atoms with E-state index in [1.165, 1.54) is 12.0 Å². The van der Waals surface area contributed by atoms with Gasteiger partial charge in [-0.05, 0) is 62.9 Å². The fraction of sp³-hybridized carbons (Fsp3) is 0.647. The van der Waals surface area contributed by atoms with Gasteiger partial charge in [0.05, 0.1) is 0 Å². The number of rotatable bonds is 7. The number of anilines is 1. The predicted molar refractivity (Wildman–Crippen MR) is 83.9 cm³/mol. The minimum Gasteiger partial charge on any atom is -0.368 e. The number of hydrogen-bond donors (Lipinski definition) is 1. The third-order valence-electron chi connectivity index (χ3n) is 4.04. The Kier molecular flexibility index (Phi) is 5.41. The van der Waals surface area contributed by atoms with Gasteiger partial charge in [0, 0.05) is 18.3 Å². The van der Waals surface area contributed by atoms with Gasteiger partial charge >= 0.3 is 0 Å². The molecule has 1 aliphatic rings. The first-order valence-electron chi connectivity index (χ1n) is 7.83. The highest BCUT2D eigenvalue weighted by Gasteiger charge is 2.23. The average molecular weight is 278 g/mol. The highest BCUT2D eigenvalue weighted by Crippen LogP contribution is 2.31. The molecule has 0 aliphatic carbocycles. The van der Waals surface area contributed by atoms with Crippen LogP contribution < -0.4 is 10.2 Å². The van der Waals surface area contributed by atoms with E-state index in [4.69, 9.17) is 0 Å². The maximum atomic E-state index is 13.4. The molecular weight excluding hydrogens is 251 g/mol. The molecule has 2 nitrogen and oxygen atoms in total. The van der Waals surface area contributed by atoms with E-state index in [2.05, 4.69) is 31.0 Å². The summed E-state index contributed by atoms with van der Waals surface area (Å²) in [6.45, 7) is 9.90. The van der Waals surface area contributed by atoms with Gasteiger partial charge in [-0.3, -0.25) is 0 Å². The van der Waals surface area contributed by atoms with Crippen molar-refractivity contribution in [2.24, 2.45) is 5.92 Å². The molecule has 0 amide bonds. The molecule has 2 rings (SSSR count). The van der Waals surface area contributed by atoms with Crippen molar-refractivity contribution in [2.45, 2.75) is 46.1 Å². The highest BCUT2D eigenvalue weighted by molar-refractivity contribution is 5.58. The summed E-state index contributed by atoms with van der Waals surface area (Å²) in [5.41, 5.74) is 2.39. The van der Waals surface area contributed by atoms with Crippen LogP contribution in [0.3, 0.4) is 0 Å². The summed E-state index contributed by atoms with van der Waals surface area (Å²) in [7, 11) is 0. The molecule has 1 N–H and O–H groups in total. The molecule has 0 radical (unpaired) electrons. The van der Waals surface area contributed by atoms with Gasteiger partial charge in [0.1, 0.15) is 5.82 Å². The van der Waals surface area contributed by atoms with Crippen LogP contribution in [-0.4, -0.2) is 25.7 Å². The van der Waals surface area contributed by atoms with Crippen molar-refractivity contribution < 1.29 is 4.39 Å². The summed E-state index contributed by atoms with van der Waals surface area (Å²) in [5.74, 6) is 0.585. The standard InChI is InChI=1S/C17H27FN2/c1-13(2)12-19-9-4-5-14(3)20-10-8-15-6-7-16(18)11-17(15)20/h6-7,11,13-14,19H,4-5,8-10,12H2,1-3H3. The number of fused-ring (bicyclic) bond motifs is 1. The Morgan fingerprint density at radius 2 is 2.10 bits per heavy atom. The molecule has 1 aliphatic heterocycles. The SMILES string of the molecule is CC(C)CNCCCC(C)N1CCc2ccc(F)cc21. The Balaban J connectivity index is 1.80. The third-order valence-corrected chi connectivity index (χ3v) is 4.04. The molecule has 0 spiro atoms. The molecule has 0 saturated heterocycles. The largest absolute Gasteiger partial charge is 0.368 e. The molecule has 0 fully saturated rings. The van der Waals surface area contributed by atoms with Gasteiger partial charge in [-0.1, -0.05) is 19.9 Å². The Morgan fingerprint density at radius 1 is 1.30 bits per heavy atom. The van der Waals surface area contributed by atoms with Crippen molar-refractivity contribution in [1.82, 2.24) is 5.32 Å². The predicted octanol–water partition coefficient (Wildman–Crippen LogP) is 3.60. The zero-order valence-corrected chi connectivity index (χ0v) is 13.0. The van der Waals surface area contributed by atoms with Crippen molar-refractivity contribution in [3.63, 3.8) is 0 Å². The smallest absolute Gasteiger partial charge is 0.125 e. The molecule has 0 aromatic heterocycles. The first-order valence-corrected chi connectivity index (χ1v) is 7.83. The van der Waals surface area contributed by atoms with Crippen molar-refractivity contribution in [3.05, 3.63) is 29.6 Å². The normalized spacial score (nSPS) is 15.8. The van der Waals surface area contributed by atoms with Gasteiger partial charge in [-0.15, -0.1) is 0 Å². The summed E-state index contributed by atoms with van der Waals surface area (Å²) in [5, 5.41) is 3.48. The fourth-order valence-corrected chi connectivity index (χ4v) is 2.90. The molecule has 1 atom stereocenters. The van der Waals surface area contributed by atoms with Gasteiger partial charge in [-0.2, -0.15) is 0 Å². The van der Waals surface area contributed by atoms with E-state index in [9.17, 15) is 4.39 Å².